The molecule has 1 aliphatic carbocycles. The van der Waals surface area contributed by atoms with Crippen LogP contribution in [0.4, 0.5) is 4.79 Å². The lowest BCUT2D eigenvalue weighted by Gasteiger charge is -2.25. The fraction of sp³-hybridized carbons (Fsp3) is 0.273. The van der Waals surface area contributed by atoms with Gasteiger partial charge in [-0.3, -0.25) is 4.90 Å². The van der Waals surface area contributed by atoms with Crippen LogP contribution in [0, 0.1) is 0 Å². The lowest BCUT2D eigenvalue weighted by Crippen LogP contribution is -2.45. The number of rotatable bonds is 8. The number of carboxylic acid groups (broad SMARTS) is 1. The summed E-state index contributed by atoms with van der Waals surface area (Å²) in [5.74, 6) is -1.23. The molecule has 1 N–H and O–H groups in total. The molecule has 28 heavy (non-hydrogen) atoms. The van der Waals surface area contributed by atoms with Gasteiger partial charge in [0.1, 0.15) is 6.61 Å². The van der Waals surface area contributed by atoms with Crippen molar-refractivity contribution >= 4 is 12.1 Å². The van der Waals surface area contributed by atoms with E-state index in [1.54, 1.807) is 0 Å². The Kier molecular flexibility index (Phi) is 6.11. The van der Waals surface area contributed by atoms with Crippen LogP contribution in [0.2, 0.25) is 0 Å². The first-order chi connectivity index (χ1) is 13.5. The van der Waals surface area contributed by atoms with Gasteiger partial charge in [-0.15, -0.1) is 6.58 Å². The standard InChI is InChI=1S/C22H23NO5/c1-3-12-27-14-20(21(24)25)23(2)22(26)28-13-19-17-10-6-4-8-15(17)16-9-5-7-11-18(16)19/h3-11,19-20H,1,12-14H2,2H3,(H,24,25). The van der Waals surface area contributed by atoms with Crippen molar-refractivity contribution in [1.29, 1.82) is 0 Å². The zero-order valence-corrected chi connectivity index (χ0v) is 15.7. The van der Waals surface area contributed by atoms with E-state index in [-0.39, 0.29) is 25.7 Å². The number of amides is 1. The van der Waals surface area contributed by atoms with E-state index in [9.17, 15) is 14.7 Å². The Labute approximate surface area is 164 Å². The first-order valence-electron chi connectivity index (χ1n) is 9.03. The maximum atomic E-state index is 12.5. The third kappa shape index (κ3) is 3.92. The number of nitrogens with zero attached hydrogens (tertiary/aromatic N) is 1. The van der Waals surface area contributed by atoms with Crippen LogP contribution >= 0.6 is 0 Å². The van der Waals surface area contributed by atoms with Gasteiger partial charge in [-0.25, -0.2) is 9.59 Å². The van der Waals surface area contributed by atoms with Crippen molar-refractivity contribution in [3.8, 4) is 11.1 Å². The second kappa shape index (κ2) is 8.71. The topological polar surface area (TPSA) is 76.1 Å². The zero-order chi connectivity index (χ0) is 20.1. The number of carbonyl (C=O) groups is 2. The SMILES string of the molecule is C=CCOCC(C(=O)O)N(C)C(=O)OCC1c2ccccc2-c2ccccc21. The van der Waals surface area contributed by atoms with E-state index in [1.807, 2.05) is 36.4 Å². The molecule has 0 aromatic heterocycles. The molecule has 0 aliphatic heterocycles. The molecule has 0 fully saturated rings. The Morgan fingerprint density at radius 1 is 1.14 bits per heavy atom. The number of carbonyl (C=O) groups excluding carboxylic acids is 1. The van der Waals surface area contributed by atoms with Crippen LogP contribution in [0.1, 0.15) is 17.0 Å². The maximum absolute atomic E-state index is 12.5. The molecule has 1 amide bonds. The predicted molar refractivity (Wildman–Crippen MR) is 105 cm³/mol. The number of hydrogen-bond acceptors (Lipinski definition) is 4. The average Bonchev–Trinajstić information content (AvgIpc) is 3.02. The number of carboxylic acids is 1. The van der Waals surface area contributed by atoms with Crippen LogP contribution in [-0.4, -0.2) is 55.0 Å². The minimum absolute atomic E-state index is 0.0787. The molecule has 2 aromatic rings. The van der Waals surface area contributed by atoms with Gasteiger partial charge < -0.3 is 14.6 Å². The lowest BCUT2D eigenvalue weighted by atomic mass is 9.98. The van der Waals surface area contributed by atoms with Gasteiger partial charge in [-0.1, -0.05) is 54.6 Å². The Morgan fingerprint density at radius 2 is 1.71 bits per heavy atom. The van der Waals surface area contributed by atoms with E-state index >= 15 is 0 Å². The normalized spacial score (nSPS) is 13.3. The molecule has 1 atom stereocenters. The van der Waals surface area contributed by atoms with Crippen LogP contribution in [0.3, 0.4) is 0 Å². The van der Waals surface area contributed by atoms with Gasteiger partial charge in [0, 0.05) is 13.0 Å². The highest BCUT2D eigenvalue weighted by molar-refractivity contribution is 5.81. The molecule has 0 bridgehead atoms. The average molecular weight is 381 g/mol. The zero-order valence-electron chi connectivity index (χ0n) is 15.7. The van der Waals surface area contributed by atoms with Crippen molar-refractivity contribution < 1.29 is 24.2 Å². The monoisotopic (exact) mass is 381 g/mol. The fourth-order valence-corrected chi connectivity index (χ4v) is 3.43. The Hall–Kier alpha value is -3.12. The molecule has 0 heterocycles. The van der Waals surface area contributed by atoms with Crippen molar-refractivity contribution in [2.75, 3.05) is 26.9 Å². The van der Waals surface area contributed by atoms with Gasteiger partial charge in [0.2, 0.25) is 0 Å². The van der Waals surface area contributed by atoms with E-state index < -0.39 is 18.1 Å². The number of likely N-dealkylation sites (N-methyl/N-ethyl adjacent to an activating group) is 1. The van der Waals surface area contributed by atoms with E-state index in [2.05, 4.69) is 18.7 Å². The van der Waals surface area contributed by atoms with E-state index in [1.165, 1.54) is 13.1 Å². The van der Waals surface area contributed by atoms with Crippen molar-refractivity contribution in [1.82, 2.24) is 4.90 Å². The molecule has 1 aliphatic rings. The smallest absolute Gasteiger partial charge is 0.410 e. The third-order valence-corrected chi connectivity index (χ3v) is 4.89. The molecule has 1 unspecified atom stereocenters. The first kappa shape index (κ1) is 19.6. The molecule has 3 rings (SSSR count). The molecule has 0 saturated carbocycles. The summed E-state index contributed by atoms with van der Waals surface area (Å²) in [6, 6.07) is 14.9. The third-order valence-electron chi connectivity index (χ3n) is 4.89. The summed E-state index contributed by atoms with van der Waals surface area (Å²) in [6.45, 7) is 3.72. The van der Waals surface area contributed by atoms with Gasteiger partial charge in [0.05, 0.1) is 13.2 Å². The lowest BCUT2D eigenvalue weighted by molar-refractivity contribution is -0.144. The molecule has 0 saturated heterocycles. The maximum Gasteiger partial charge on any atom is 0.410 e. The second-order valence-corrected chi connectivity index (χ2v) is 6.60. The number of fused-ring (bicyclic) bond motifs is 3. The van der Waals surface area contributed by atoms with Gasteiger partial charge in [-0.05, 0) is 22.3 Å². The molecule has 146 valence electrons. The number of ether oxygens (including phenoxy) is 2. The molecule has 6 nitrogen and oxygen atoms in total. The van der Waals surface area contributed by atoms with Crippen LogP contribution in [0.5, 0.6) is 0 Å². The van der Waals surface area contributed by atoms with Crippen LogP contribution < -0.4 is 0 Å². The van der Waals surface area contributed by atoms with Crippen LogP contribution in [-0.2, 0) is 14.3 Å². The van der Waals surface area contributed by atoms with E-state index in [0.717, 1.165) is 27.2 Å². The summed E-state index contributed by atoms with van der Waals surface area (Å²) in [6.07, 6.45) is 0.822. The van der Waals surface area contributed by atoms with Crippen molar-refractivity contribution in [2.45, 2.75) is 12.0 Å². The second-order valence-electron chi connectivity index (χ2n) is 6.60. The summed E-state index contributed by atoms with van der Waals surface area (Å²) in [7, 11) is 1.40. The Bertz CT molecular complexity index is 833. The summed E-state index contributed by atoms with van der Waals surface area (Å²) >= 11 is 0. The molecule has 2 aromatic carbocycles. The van der Waals surface area contributed by atoms with Gasteiger partial charge in [0.15, 0.2) is 6.04 Å². The van der Waals surface area contributed by atoms with Gasteiger partial charge in [-0.2, -0.15) is 0 Å². The first-order valence-corrected chi connectivity index (χ1v) is 9.03. The van der Waals surface area contributed by atoms with Crippen molar-refractivity contribution in [3.63, 3.8) is 0 Å². The summed E-state index contributed by atoms with van der Waals surface area (Å²) < 4.78 is 10.7. The summed E-state index contributed by atoms with van der Waals surface area (Å²) in [5.41, 5.74) is 4.47. The number of benzene rings is 2. The van der Waals surface area contributed by atoms with Gasteiger partial charge >= 0.3 is 12.1 Å². The molecule has 0 radical (unpaired) electrons. The Morgan fingerprint density at radius 3 is 2.25 bits per heavy atom. The fourth-order valence-electron chi connectivity index (χ4n) is 3.43. The van der Waals surface area contributed by atoms with Crippen LogP contribution in [0.15, 0.2) is 61.2 Å². The van der Waals surface area contributed by atoms with Crippen molar-refractivity contribution in [3.05, 3.63) is 72.3 Å². The highest BCUT2D eigenvalue weighted by atomic mass is 16.6. The largest absolute Gasteiger partial charge is 0.480 e. The van der Waals surface area contributed by atoms with Crippen LogP contribution in [0.25, 0.3) is 11.1 Å². The van der Waals surface area contributed by atoms with Gasteiger partial charge in [0.25, 0.3) is 0 Å². The summed E-state index contributed by atoms with van der Waals surface area (Å²) in [5, 5.41) is 9.38. The summed E-state index contributed by atoms with van der Waals surface area (Å²) in [4.78, 5) is 25.0. The molecular formula is C22H23NO5. The van der Waals surface area contributed by atoms with E-state index in [4.69, 9.17) is 9.47 Å². The number of aliphatic carboxylic acids is 1. The predicted octanol–water partition coefficient (Wildman–Crippen LogP) is 3.52. The minimum Gasteiger partial charge on any atom is -0.480 e. The quantitative estimate of drug-likeness (QED) is 0.559. The Balaban J connectivity index is 1.70. The van der Waals surface area contributed by atoms with Crippen molar-refractivity contribution in [2.24, 2.45) is 0 Å². The molecule has 6 heteroatoms. The molecule has 0 spiro atoms. The highest BCUT2D eigenvalue weighted by Gasteiger charge is 2.31. The number of hydrogen-bond donors (Lipinski definition) is 1. The molecular weight excluding hydrogens is 358 g/mol. The van der Waals surface area contributed by atoms with E-state index in [0.29, 0.717) is 0 Å². The highest BCUT2D eigenvalue weighted by Crippen LogP contribution is 2.44. The minimum atomic E-state index is -1.15.